The van der Waals surface area contributed by atoms with Gasteiger partial charge in [0.15, 0.2) is 16.7 Å². The highest BCUT2D eigenvalue weighted by Gasteiger charge is 2.45. The fraction of sp³-hybridized carbons (Fsp3) is 0.467. The zero-order valence-electron chi connectivity index (χ0n) is 34.9. The molecule has 2 aromatic carbocycles. The monoisotopic (exact) mass is 844 g/mol. The van der Waals surface area contributed by atoms with Crippen LogP contribution < -0.4 is 25.2 Å². The van der Waals surface area contributed by atoms with Crippen LogP contribution in [0.5, 0.6) is 11.5 Å². The molecule has 4 aliphatic rings. The standard InChI is InChI=1S/C43H52ClN7O5S.C2H6/c1-43(30-7-5-4-6-8-30)17-13-35(44)39-40(43)50(2)19-20-51(39)31-9-11-34(38(24-31)56-32-23-29-14-18-45-41(29)47-27-32)42(52)49-57(53)33-10-12-36(37(25-33)48-54-3)46-26-28-15-21-55-22-16-28;1-2/h9-14,17-18,23-25,27-28,30,35,46,48H,4-8,15-16,19-22,26H2,1-3H3,(H,45,47)(H,49,52);1-2H3/p+1. The predicted molar refractivity (Wildman–Crippen MR) is 235 cm³/mol. The van der Waals surface area contributed by atoms with Gasteiger partial charge in [0.05, 0.1) is 40.5 Å². The summed E-state index contributed by atoms with van der Waals surface area (Å²) in [6.45, 7) is 10.2. The van der Waals surface area contributed by atoms with Crippen molar-refractivity contribution in [1.82, 2.24) is 19.6 Å². The van der Waals surface area contributed by atoms with Crippen molar-refractivity contribution in [3.63, 3.8) is 0 Å². The topological polar surface area (TPSA) is 138 Å². The molecule has 0 bridgehead atoms. The molecule has 2 aliphatic heterocycles. The highest BCUT2D eigenvalue weighted by molar-refractivity contribution is 7.83. The van der Waals surface area contributed by atoms with E-state index < -0.39 is 16.9 Å². The van der Waals surface area contributed by atoms with Crippen LogP contribution in [0.25, 0.3) is 11.0 Å². The minimum absolute atomic E-state index is 0.143. The summed E-state index contributed by atoms with van der Waals surface area (Å²) in [6, 6.07) is 14.8. The molecule has 0 spiro atoms. The SMILES string of the molecule is CC.CO[NH2+]c1cc(S(=O)NC(=O)c2ccc(N3CCN(C)C4=C3C(Cl)C=CC4(C)C3CCCCC3)cc2Oc2cnc3[nH]ccc3c2)ccc1NCC1CCOCC1. The van der Waals surface area contributed by atoms with Crippen molar-refractivity contribution in [3.05, 3.63) is 90.0 Å². The summed E-state index contributed by atoms with van der Waals surface area (Å²) in [4.78, 5) is 32.2. The van der Waals surface area contributed by atoms with Crippen LogP contribution >= 0.6 is 11.6 Å². The number of pyridine rings is 1. The zero-order valence-corrected chi connectivity index (χ0v) is 36.5. The van der Waals surface area contributed by atoms with Crippen LogP contribution in [0.2, 0.25) is 0 Å². The smallest absolute Gasteiger partial charge is 0.266 e. The van der Waals surface area contributed by atoms with Crippen LogP contribution in [-0.4, -0.2) is 77.4 Å². The van der Waals surface area contributed by atoms with E-state index in [0.717, 1.165) is 72.9 Å². The van der Waals surface area contributed by atoms with Crippen LogP contribution in [0, 0.1) is 17.3 Å². The number of fused-ring (bicyclic) bond motifs is 1. The van der Waals surface area contributed by atoms with Gasteiger partial charge in [-0.2, -0.15) is 5.48 Å². The average molecular weight is 846 g/mol. The third-order valence-electron chi connectivity index (χ3n) is 12.1. The van der Waals surface area contributed by atoms with Crippen LogP contribution in [0.3, 0.4) is 0 Å². The van der Waals surface area contributed by atoms with E-state index >= 15 is 0 Å². The Morgan fingerprint density at radius 1 is 1.07 bits per heavy atom. The average Bonchev–Trinajstić information content (AvgIpc) is 3.74. The quantitative estimate of drug-likeness (QED) is 0.0482. The Hall–Kier alpha value is -4.40. The maximum absolute atomic E-state index is 14.1. The molecule has 5 N–H and O–H groups in total. The number of carbonyl (C=O) groups excluding carboxylic acids is 1. The first-order valence-electron chi connectivity index (χ1n) is 21.1. The first-order valence-corrected chi connectivity index (χ1v) is 22.7. The minimum atomic E-state index is -1.89. The second-order valence-electron chi connectivity index (χ2n) is 15.8. The number of aromatic amines is 1. The number of quaternary nitrogens is 1. The number of hydrogen-bond donors (Lipinski definition) is 4. The van der Waals surface area contributed by atoms with Gasteiger partial charge in [-0.05, 0) is 73.9 Å². The summed E-state index contributed by atoms with van der Waals surface area (Å²) >= 11 is 7.20. The number of nitrogens with zero attached hydrogens (tertiary/aromatic N) is 3. The Balaban J connectivity index is 0.00000260. The Labute approximate surface area is 355 Å². The molecule has 3 unspecified atom stereocenters. The number of nitrogens with two attached hydrogens (primary N) is 1. The lowest BCUT2D eigenvalue weighted by Gasteiger charge is -2.51. The van der Waals surface area contributed by atoms with E-state index in [1.54, 1.807) is 37.0 Å². The Morgan fingerprint density at radius 2 is 1.86 bits per heavy atom. The van der Waals surface area contributed by atoms with Gasteiger partial charge in [0.2, 0.25) is 0 Å². The molecular weight excluding hydrogens is 786 g/mol. The zero-order chi connectivity index (χ0) is 41.5. The van der Waals surface area contributed by atoms with Gasteiger partial charge in [-0.1, -0.05) is 52.2 Å². The molecule has 2 fully saturated rings. The van der Waals surface area contributed by atoms with E-state index in [2.05, 4.69) is 55.9 Å². The van der Waals surface area contributed by atoms with Gasteiger partial charge in [0.25, 0.3) is 5.91 Å². The Bertz CT molecular complexity index is 2180. The van der Waals surface area contributed by atoms with Gasteiger partial charge in [0.1, 0.15) is 17.1 Å². The summed E-state index contributed by atoms with van der Waals surface area (Å²) < 4.78 is 28.6. The molecule has 12 nitrogen and oxygen atoms in total. The number of nitrogens with one attached hydrogen (secondary N) is 3. The summed E-state index contributed by atoms with van der Waals surface area (Å²) in [5, 5.41) is 4.07. The van der Waals surface area contributed by atoms with Crippen LogP contribution in [0.4, 0.5) is 17.1 Å². The fourth-order valence-electron chi connectivity index (χ4n) is 9.02. The van der Waals surface area contributed by atoms with Crippen molar-refractivity contribution in [3.8, 4) is 11.5 Å². The lowest BCUT2D eigenvalue weighted by Crippen LogP contribution is -2.76. The van der Waals surface area contributed by atoms with Gasteiger partial charge in [0, 0.05) is 80.4 Å². The molecule has 1 saturated heterocycles. The van der Waals surface area contributed by atoms with Gasteiger partial charge < -0.3 is 29.6 Å². The van der Waals surface area contributed by atoms with Crippen molar-refractivity contribution >= 4 is 56.6 Å². The van der Waals surface area contributed by atoms with Gasteiger partial charge >= 0.3 is 0 Å². The second kappa shape index (κ2) is 19.3. The number of likely N-dealkylation sites (N-methyl/N-ethyl adjacent to an activating group) is 1. The predicted octanol–water partition coefficient (Wildman–Crippen LogP) is 8.16. The molecule has 3 atom stereocenters. The van der Waals surface area contributed by atoms with E-state index in [1.165, 1.54) is 37.8 Å². The highest BCUT2D eigenvalue weighted by atomic mass is 35.5. The van der Waals surface area contributed by atoms with E-state index in [4.69, 9.17) is 25.9 Å². The third kappa shape index (κ3) is 9.34. The number of rotatable bonds is 12. The molecule has 1 saturated carbocycles. The lowest BCUT2D eigenvalue weighted by molar-refractivity contribution is -0.829. The molecule has 4 aromatic rings. The second-order valence-corrected chi connectivity index (χ2v) is 17.5. The fourth-order valence-corrected chi connectivity index (χ4v) is 10.1. The number of alkyl halides is 1. The van der Waals surface area contributed by atoms with E-state index in [-0.39, 0.29) is 16.4 Å². The van der Waals surface area contributed by atoms with E-state index in [9.17, 15) is 9.00 Å². The summed E-state index contributed by atoms with van der Waals surface area (Å²) in [6.07, 6.45) is 16.1. The summed E-state index contributed by atoms with van der Waals surface area (Å²) in [5.41, 5.74) is 7.22. The minimum Gasteiger partial charge on any atom is -0.455 e. The molecule has 4 heterocycles. The number of ether oxygens (including phenoxy) is 2. The van der Waals surface area contributed by atoms with Crippen LogP contribution in [-0.2, 0) is 20.6 Å². The van der Waals surface area contributed by atoms with Crippen LogP contribution in [0.1, 0.15) is 76.1 Å². The Morgan fingerprint density at radius 3 is 2.64 bits per heavy atom. The number of anilines is 2. The van der Waals surface area contributed by atoms with Crippen molar-refractivity contribution in [1.29, 1.82) is 0 Å². The molecule has 8 rings (SSSR count). The highest BCUT2D eigenvalue weighted by Crippen LogP contribution is 2.52. The molecule has 316 valence electrons. The maximum Gasteiger partial charge on any atom is 0.266 e. The molecule has 59 heavy (non-hydrogen) atoms. The van der Waals surface area contributed by atoms with Crippen molar-refractivity contribution < 1.29 is 28.8 Å². The number of benzene rings is 2. The number of carbonyl (C=O) groups is 1. The first-order chi connectivity index (χ1) is 28.7. The van der Waals surface area contributed by atoms with Gasteiger partial charge in [-0.3, -0.25) is 9.52 Å². The largest absolute Gasteiger partial charge is 0.455 e. The maximum atomic E-state index is 14.1. The lowest BCUT2D eigenvalue weighted by atomic mass is 9.65. The van der Waals surface area contributed by atoms with Crippen molar-refractivity contribution in [2.45, 2.75) is 76.0 Å². The van der Waals surface area contributed by atoms with Gasteiger partial charge in [-0.15, -0.1) is 11.6 Å². The van der Waals surface area contributed by atoms with E-state index in [0.29, 0.717) is 34.8 Å². The van der Waals surface area contributed by atoms with Crippen molar-refractivity contribution in [2.75, 3.05) is 57.2 Å². The Kier molecular flexibility index (Phi) is 14.0. The molecule has 14 heteroatoms. The van der Waals surface area contributed by atoms with Crippen LogP contribution in [0.15, 0.2) is 89.4 Å². The number of allylic oxidation sites excluding steroid dienone is 2. The molecular formula is C45H59ClN7O5S+. The summed E-state index contributed by atoms with van der Waals surface area (Å²) in [5.74, 6) is 1.29. The molecule has 2 aromatic heterocycles. The normalized spacial score (nSPS) is 21.8. The number of halogens is 1. The molecule has 2 aliphatic carbocycles. The number of aromatic nitrogens is 2. The third-order valence-corrected chi connectivity index (χ3v) is 13.5. The summed E-state index contributed by atoms with van der Waals surface area (Å²) in [7, 11) is 1.87. The molecule has 0 radical (unpaired) electrons. The van der Waals surface area contributed by atoms with Crippen molar-refractivity contribution in [2.24, 2.45) is 17.3 Å². The van der Waals surface area contributed by atoms with E-state index in [1.807, 2.05) is 50.4 Å². The molecule has 1 amide bonds. The first kappa shape index (κ1) is 42.7. The number of amides is 1. The van der Waals surface area contributed by atoms with Gasteiger partial charge in [-0.25, -0.2) is 14.0 Å². The number of hydrogen-bond acceptors (Lipinski definition) is 9. The number of H-pyrrole nitrogens is 1.